The van der Waals surface area contributed by atoms with Crippen LogP contribution in [-0.2, 0) is 0 Å². The summed E-state index contributed by atoms with van der Waals surface area (Å²) in [7, 11) is 0. The van der Waals surface area contributed by atoms with Gasteiger partial charge in [0.15, 0.2) is 0 Å². The van der Waals surface area contributed by atoms with Crippen LogP contribution in [0.3, 0.4) is 0 Å². The molecule has 13 heavy (non-hydrogen) atoms. The maximum atomic E-state index is 5.48. The largest absolute Gasteiger partial charge is 0.330 e. The maximum Gasteiger partial charge on any atom is 0.0210 e. The van der Waals surface area contributed by atoms with Gasteiger partial charge in [-0.25, -0.2) is 0 Å². The van der Waals surface area contributed by atoms with E-state index in [-0.39, 0.29) is 0 Å². The molecule has 0 heterocycles. The first-order valence-electron chi connectivity index (χ1n) is 4.70. The molecule has 1 aromatic carbocycles. The molecule has 2 heteroatoms. The average molecular weight is 242 g/mol. The summed E-state index contributed by atoms with van der Waals surface area (Å²) in [6, 6.07) is 8.39. The van der Waals surface area contributed by atoms with Gasteiger partial charge in [-0.3, -0.25) is 0 Å². The molecule has 0 aliphatic rings. The third-order valence-electron chi connectivity index (χ3n) is 2.28. The minimum absolute atomic E-state index is 0.596. The van der Waals surface area contributed by atoms with Gasteiger partial charge in [-0.2, -0.15) is 0 Å². The summed E-state index contributed by atoms with van der Waals surface area (Å²) in [5.41, 5.74) is 6.87. The third-order valence-corrected chi connectivity index (χ3v) is 3.00. The Kier molecular flexibility index (Phi) is 4.46. The van der Waals surface area contributed by atoms with E-state index in [0.717, 1.165) is 13.0 Å². The van der Waals surface area contributed by atoms with Crippen LogP contribution < -0.4 is 5.73 Å². The van der Waals surface area contributed by atoms with Crippen LogP contribution in [0.4, 0.5) is 0 Å². The van der Waals surface area contributed by atoms with Crippen molar-refractivity contribution < 1.29 is 0 Å². The lowest BCUT2D eigenvalue weighted by molar-refractivity contribution is 0.639. The van der Waals surface area contributed by atoms with Crippen LogP contribution in [-0.4, -0.2) is 6.54 Å². The smallest absolute Gasteiger partial charge is 0.0210 e. The maximum absolute atomic E-state index is 5.48. The van der Waals surface area contributed by atoms with Crippen LogP contribution in [0.5, 0.6) is 0 Å². The molecule has 0 spiro atoms. The Hall–Kier alpha value is -0.340. The van der Waals surface area contributed by atoms with Crippen molar-refractivity contribution >= 4 is 15.9 Å². The van der Waals surface area contributed by atoms with Crippen LogP contribution in [0.2, 0.25) is 0 Å². The Balaban J connectivity index is 2.65. The van der Waals surface area contributed by atoms with Gasteiger partial charge >= 0.3 is 0 Å². The molecule has 0 saturated heterocycles. The van der Waals surface area contributed by atoms with Crippen LogP contribution in [0.1, 0.15) is 31.2 Å². The van der Waals surface area contributed by atoms with Gasteiger partial charge in [0.1, 0.15) is 0 Å². The Labute approximate surface area is 88.5 Å². The van der Waals surface area contributed by atoms with Crippen molar-refractivity contribution in [3.05, 3.63) is 34.3 Å². The minimum atomic E-state index is 0.596. The van der Waals surface area contributed by atoms with E-state index < -0.39 is 0 Å². The SMILES string of the molecule is CC(CCCN)c1ccccc1Br. The van der Waals surface area contributed by atoms with E-state index in [0.29, 0.717) is 5.92 Å². The second-order valence-electron chi connectivity index (χ2n) is 3.35. The fourth-order valence-corrected chi connectivity index (χ4v) is 2.13. The standard InChI is InChI=1S/C11H16BrN/c1-9(5-4-8-13)10-6-2-3-7-11(10)12/h2-3,6-7,9H,4-5,8,13H2,1H3. The highest BCUT2D eigenvalue weighted by Gasteiger charge is 2.07. The summed E-state index contributed by atoms with van der Waals surface area (Å²) in [5.74, 6) is 0.596. The van der Waals surface area contributed by atoms with Crippen molar-refractivity contribution in [3.8, 4) is 0 Å². The van der Waals surface area contributed by atoms with Crippen molar-refractivity contribution in [1.82, 2.24) is 0 Å². The molecule has 1 atom stereocenters. The molecule has 0 amide bonds. The van der Waals surface area contributed by atoms with Crippen molar-refractivity contribution in [2.24, 2.45) is 5.73 Å². The third kappa shape index (κ3) is 3.12. The molecule has 1 unspecified atom stereocenters. The van der Waals surface area contributed by atoms with E-state index in [4.69, 9.17) is 5.73 Å². The van der Waals surface area contributed by atoms with E-state index in [1.54, 1.807) is 0 Å². The lowest BCUT2D eigenvalue weighted by Crippen LogP contribution is -2.02. The normalized spacial score (nSPS) is 12.8. The molecular formula is C11H16BrN. The molecule has 0 fully saturated rings. The van der Waals surface area contributed by atoms with Gasteiger partial charge in [0.2, 0.25) is 0 Å². The Morgan fingerprint density at radius 1 is 1.38 bits per heavy atom. The van der Waals surface area contributed by atoms with Gasteiger partial charge in [-0.1, -0.05) is 41.1 Å². The highest BCUT2D eigenvalue weighted by atomic mass is 79.9. The molecule has 1 rings (SSSR count). The fourth-order valence-electron chi connectivity index (χ4n) is 1.45. The second kappa shape index (κ2) is 5.40. The van der Waals surface area contributed by atoms with Gasteiger partial charge in [0, 0.05) is 4.47 Å². The van der Waals surface area contributed by atoms with E-state index in [1.807, 2.05) is 6.07 Å². The zero-order chi connectivity index (χ0) is 9.68. The molecule has 0 aliphatic carbocycles. The molecule has 0 bridgehead atoms. The van der Waals surface area contributed by atoms with Crippen LogP contribution >= 0.6 is 15.9 Å². The molecule has 2 N–H and O–H groups in total. The Bertz CT molecular complexity index is 260. The molecule has 72 valence electrons. The fraction of sp³-hybridized carbons (Fsp3) is 0.455. The van der Waals surface area contributed by atoms with Gasteiger partial charge in [0.05, 0.1) is 0 Å². The van der Waals surface area contributed by atoms with Crippen LogP contribution in [0.15, 0.2) is 28.7 Å². The lowest BCUT2D eigenvalue weighted by Gasteiger charge is -2.12. The lowest BCUT2D eigenvalue weighted by atomic mass is 9.96. The number of benzene rings is 1. The molecule has 0 saturated carbocycles. The van der Waals surface area contributed by atoms with Crippen LogP contribution in [0, 0.1) is 0 Å². The van der Waals surface area contributed by atoms with Gasteiger partial charge in [-0.15, -0.1) is 0 Å². The predicted octanol–water partition coefficient (Wildman–Crippen LogP) is 3.29. The highest BCUT2D eigenvalue weighted by molar-refractivity contribution is 9.10. The summed E-state index contributed by atoms with van der Waals surface area (Å²) in [4.78, 5) is 0. The quantitative estimate of drug-likeness (QED) is 0.861. The summed E-state index contributed by atoms with van der Waals surface area (Å²) in [6.45, 7) is 3.03. The summed E-state index contributed by atoms with van der Waals surface area (Å²) in [6.07, 6.45) is 2.27. The number of halogens is 1. The summed E-state index contributed by atoms with van der Waals surface area (Å²) in [5, 5.41) is 0. The molecule has 0 aromatic heterocycles. The number of rotatable bonds is 4. The van der Waals surface area contributed by atoms with Gasteiger partial charge < -0.3 is 5.73 Å². The van der Waals surface area contributed by atoms with E-state index in [1.165, 1.54) is 16.5 Å². The molecular weight excluding hydrogens is 226 g/mol. The minimum Gasteiger partial charge on any atom is -0.330 e. The van der Waals surface area contributed by atoms with Crippen molar-refractivity contribution in [1.29, 1.82) is 0 Å². The van der Waals surface area contributed by atoms with Crippen LogP contribution in [0.25, 0.3) is 0 Å². The molecule has 0 radical (unpaired) electrons. The Morgan fingerprint density at radius 3 is 2.69 bits per heavy atom. The number of nitrogens with two attached hydrogens (primary N) is 1. The monoisotopic (exact) mass is 241 g/mol. The van der Waals surface area contributed by atoms with Crippen molar-refractivity contribution in [2.45, 2.75) is 25.7 Å². The molecule has 1 aromatic rings. The van der Waals surface area contributed by atoms with Gasteiger partial charge in [0.25, 0.3) is 0 Å². The zero-order valence-electron chi connectivity index (χ0n) is 7.96. The van der Waals surface area contributed by atoms with Gasteiger partial charge in [-0.05, 0) is 36.9 Å². The molecule has 1 nitrogen and oxygen atoms in total. The first-order chi connectivity index (χ1) is 6.25. The van der Waals surface area contributed by atoms with Crippen molar-refractivity contribution in [3.63, 3.8) is 0 Å². The first-order valence-corrected chi connectivity index (χ1v) is 5.49. The predicted molar refractivity (Wildman–Crippen MR) is 60.8 cm³/mol. The topological polar surface area (TPSA) is 26.0 Å². The summed E-state index contributed by atoms with van der Waals surface area (Å²) < 4.78 is 1.21. The number of hydrogen-bond acceptors (Lipinski definition) is 1. The van der Waals surface area contributed by atoms with E-state index in [2.05, 4.69) is 41.1 Å². The zero-order valence-corrected chi connectivity index (χ0v) is 9.55. The first kappa shape index (κ1) is 10.7. The summed E-state index contributed by atoms with van der Waals surface area (Å²) >= 11 is 3.56. The van der Waals surface area contributed by atoms with Crippen molar-refractivity contribution in [2.75, 3.05) is 6.54 Å². The highest BCUT2D eigenvalue weighted by Crippen LogP contribution is 2.27. The average Bonchev–Trinajstić information content (AvgIpc) is 2.15. The molecule has 0 aliphatic heterocycles. The van der Waals surface area contributed by atoms with E-state index in [9.17, 15) is 0 Å². The Morgan fingerprint density at radius 2 is 2.08 bits per heavy atom. The van der Waals surface area contributed by atoms with E-state index >= 15 is 0 Å². The number of hydrogen-bond donors (Lipinski definition) is 1. The second-order valence-corrected chi connectivity index (χ2v) is 4.21.